The van der Waals surface area contributed by atoms with Crippen LogP contribution in [0.5, 0.6) is 0 Å². The van der Waals surface area contributed by atoms with E-state index in [0.717, 1.165) is 0 Å². The molecule has 10 aromatic rings. The lowest BCUT2D eigenvalue weighted by atomic mass is 9.82. The first-order valence-electron chi connectivity index (χ1n) is 35.7. The van der Waals surface area contributed by atoms with E-state index in [0.29, 0.717) is 6.07 Å². The molecule has 57 heavy (non-hydrogen) atoms. The molecule has 0 fully saturated rings. The van der Waals surface area contributed by atoms with Gasteiger partial charge in [0, 0.05) is 41.5 Å². The van der Waals surface area contributed by atoms with Crippen molar-refractivity contribution < 1.29 is 56.5 Å². The van der Waals surface area contributed by atoms with Crippen LogP contribution >= 0.6 is 0 Å². The molecule has 2 heteroatoms. The highest BCUT2D eigenvalue weighted by molar-refractivity contribution is 6.09. The number of furan rings is 1. The van der Waals surface area contributed by atoms with Crippen molar-refractivity contribution in [2.24, 2.45) is 0 Å². The van der Waals surface area contributed by atoms with Crippen LogP contribution in [-0.2, 0) is 5.41 Å². The fourth-order valence-electron chi connectivity index (χ4n) is 6.51. The van der Waals surface area contributed by atoms with Gasteiger partial charge < -0.3 is 9.32 Å². The summed E-state index contributed by atoms with van der Waals surface area (Å²) in [5.41, 5.74) is -19.3. The quantitative estimate of drug-likeness (QED) is 0.168. The van der Waals surface area contributed by atoms with E-state index < -0.39 is 318 Å². The molecule has 0 spiro atoms. The number of rotatable bonds is 6. The summed E-state index contributed by atoms with van der Waals surface area (Å²) in [6, 6.07) is -35.6. The molecule has 0 aliphatic heterocycles. The molecule has 0 saturated heterocycles. The summed E-state index contributed by atoms with van der Waals surface area (Å²) in [5, 5.41) is -2.62. The Labute approximate surface area is 386 Å². The second-order valence-corrected chi connectivity index (χ2v) is 12.3. The minimum absolute atomic E-state index is 0.228. The summed E-state index contributed by atoms with van der Waals surface area (Å²) in [6.07, 6.45) is 0. The topological polar surface area (TPSA) is 16.4 Å². The van der Waals surface area contributed by atoms with Crippen LogP contribution in [0.4, 0.5) is 17.1 Å². The van der Waals surface area contributed by atoms with Gasteiger partial charge in [0.2, 0.25) is 0 Å². The summed E-state index contributed by atoms with van der Waals surface area (Å²) in [6.45, 7) is -8.12. The fourth-order valence-corrected chi connectivity index (χ4v) is 6.51. The SMILES string of the molecule is [2H]c1cc(N(c2c([2H])c([2H])c(-c3c([2H])c([2H])c([2H])c([2H])c3[2H])c([2H])c2[2H])c2c([2H])c([2H])c3c(c2[2H])C(C([2H])([2H])[2H])(C([2H])([2H])[2H])c2c([2H])c([2H])c([2H])c([2H])c2-3)c([2H])c([2H])c1-c1c([2H])c([2H])c2c([2H])c([2H])c([2H])c([2H])c2c1-c1c([2H])c([2H])c2c(oc3c([2H])c([2H])c([2H])c([2H])c32)c1[2H]. The van der Waals surface area contributed by atoms with Crippen molar-refractivity contribution in [1.29, 1.82) is 0 Å². The Morgan fingerprint density at radius 2 is 1.09 bits per heavy atom. The Bertz CT molecular complexity index is 5180. The van der Waals surface area contributed by atoms with E-state index in [-0.39, 0.29) is 4.90 Å². The van der Waals surface area contributed by atoms with Crippen molar-refractivity contribution >= 4 is 49.8 Å². The standard InChI is InChI=1S/C55H39NO/c1-55(2)50-18-10-8-16-46(50)47-33-30-43(35-51(47)55)56(41-26-20-37(21-27-41)36-12-4-3-5-13-36)42-28-22-39(23-29-42)45-31-24-38-14-6-7-15-44(38)54(45)40-25-32-49-48-17-9-11-19-52(48)57-53(49)34-40/h3-35H,1-2H3/i1D3,2D3,3D,4D,5D,6D,7D,8D,9D,10D,11D,12D,13D,14D,15D,16D,17D,18D,19D,20D,21D,22D,23D,24D,25D,26D,27D,28D,30D,31D,32D,33D,34D,35D. The highest BCUT2D eigenvalue weighted by atomic mass is 16.3. The Hall–Kier alpha value is -7.16. The van der Waals surface area contributed by atoms with Gasteiger partial charge in [-0.05, 0) is 121 Å². The zero-order valence-corrected chi connectivity index (χ0v) is 28.4. The zero-order chi connectivity index (χ0) is 70.9. The summed E-state index contributed by atoms with van der Waals surface area (Å²) in [4.78, 5) is 0.228. The van der Waals surface area contributed by atoms with Crippen LogP contribution in [-0.4, -0.2) is 0 Å². The zero-order valence-electron chi connectivity index (χ0n) is 66.4. The van der Waals surface area contributed by atoms with Gasteiger partial charge in [-0.15, -0.1) is 0 Å². The van der Waals surface area contributed by atoms with E-state index >= 15 is 0 Å². The van der Waals surface area contributed by atoms with E-state index in [1.807, 2.05) is 0 Å². The third-order valence-corrected chi connectivity index (χ3v) is 9.09. The van der Waals surface area contributed by atoms with E-state index in [2.05, 4.69) is 0 Å². The van der Waals surface area contributed by atoms with E-state index in [9.17, 15) is 21.9 Å². The van der Waals surface area contributed by atoms with Gasteiger partial charge in [-0.3, -0.25) is 0 Å². The van der Waals surface area contributed by atoms with Gasteiger partial charge in [0.1, 0.15) is 11.2 Å². The van der Waals surface area contributed by atoms with Gasteiger partial charge in [-0.2, -0.15) is 0 Å². The Morgan fingerprint density at radius 3 is 1.96 bits per heavy atom. The molecule has 11 rings (SSSR count). The van der Waals surface area contributed by atoms with Crippen LogP contribution in [0.3, 0.4) is 0 Å². The largest absolute Gasteiger partial charge is 0.456 e. The van der Waals surface area contributed by atoms with Gasteiger partial charge in [-0.1, -0.05) is 159 Å². The Kier molecular flexibility index (Phi) is 2.83. The smallest absolute Gasteiger partial charge is 0.136 e. The maximum atomic E-state index is 10.1. The monoisotopic (exact) mass is 768 g/mol. The van der Waals surface area contributed by atoms with Gasteiger partial charge in [0.25, 0.3) is 0 Å². The number of anilines is 3. The summed E-state index contributed by atoms with van der Waals surface area (Å²) in [5.74, 6) is 0. The molecule has 1 aliphatic carbocycles. The van der Waals surface area contributed by atoms with Gasteiger partial charge in [0.15, 0.2) is 0 Å². The molecule has 1 aliphatic rings. The lowest BCUT2D eigenvalue weighted by Crippen LogP contribution is -2.16. The van der Waals surface area contributed by atoms with Gasteiger partial charge in [0.05, 0.1) is 43.9 Å². The number of nitrogens with zero attached hydrogens (tertiary/aromatic N) is 1. The molecule has 9 aromatic carbocycles. The maximum absolute atomic E-state index is 10.1. The average Bonchev–Trinajstić information content (AvgIpc) is 1.52. The molecule has 0 N–H and O–H groups in total. The molecule has 0 bridgehead atoms. The predicted octanol–water partition coefficient (Wildman–Crippen LogP) is 15.5. The molecule has 0 amide bonds. The highest BCUT2D eigenvalue weighted by Crippen LogP contribution is 2.51. The minimum Gasteiger partial charge on any atom is -0.456 e. The van der Waals surface area contributed by atoms with Crippen LogP contribution in [0.2, 0.25) is 0 Å². The minimum atomic E-state index is -4.06. The average molecular weight is 768 g/mol. The normalized spacial score (nSPS) is 22.7. The molecule has 0 unspecified atom stereocenters. The van der Waals surface area contributed by atoms with Crippen LogP contribution in [0, 0.1) is 0 Å². The maximum Gasteiger partial charge on any atom is 0.136 e. The van der Waals surface area contributed by atoms with Gasteiger partial charge >= 0.3 is 0 Å². The lowest BCUT2D eigenvalue weighted by Gasteiger charge is -2.28. The molecule has 270 valence electrons. The first-order valence-corrected chi connectivity index (χ1v) is 16.7. The van der Waals surface area contributed by atoms with Crippen LogP contribution < -0.4 is 4.90 Å². The van der Waals surface area contributed by atoms with E-state index in [4.69, 9.17) is 34.6 Å². The second kappa shape index (κ2) is 13.0. The van der Waals surface area contributed by atoms with Crippen molar-refractivity contribution in [1.82, 2.24) is 0 Å². The molecular weight excluding hydrogens is 691 g/mol. The third-order valence-electron chi connectivity index (χ3n) is 9.09. The first-order chi connectivity index (χ1) is 43.9. The van der Waals surface area contributed by atoms with E-state index in [1.54, 1.807) is 0 Å². The Morgan fingerprint density at radius 1 is 0.439 bits per heavy atom. The molecule has 2 nitrogen and oxygen atoms in total. The van der Waals surface area contributed by atoms with Crippen molar-refractivity contribution in [3.8, 4) is 44.5 Å². The fraction of sp³-hybridized carbons (Fsp3) is 0.0545. The van der Waals surface area contributed by atoms with Crippen LogP contribution in [0.1, 0.15) is 76.9 Å². The molecular formula is C55H39NO. The van der Waals surface area contributed by atoms with Crippen molar-refractivity contribution in [3.63, 3.8) is 0 Å². The Balaban J connectivity index is 1.34. The summed E-state index contributed by atoms with van der Waals surface area (Å²) >= 11 is 0. The number of hydrogen-bond acceptors (Lipinski definition) is 2. The highest BCUT2D eigenvalue weighted by Gasteiger charge is 2.35. The predicted molar refractivity (Wildman–Crippen MR) is 240 cm³/mol. The van der Waals surface area contributed by atoms with Crippen LogP contribution in [0.15, 0.2) is 204 Å². The lowest BCUT2D eigenvalue weighted by molar-refractivity contribution is 0.660. The number of fused-ring (bicyclic) bond motifs is 7. The van der Waals surface area contributed by atoms with Gasteiger partial charge in [-0.25, -0.2) is 0 Å². The molecule has 0 saturated carbocycles. The second-order valence-electron chi connectivity index (χ2n) is 12.3. The molecule has 1 aromatic heterocycles. The molecule has 0 radical (unpaired) electrons. The number of hydrogen-bond donors (Lipinski definition) is 0. The molecule has 1 heterocycles. The third kappa shape index (κ3) is 5.40. The summed E-state index contributed by atoms with van der Waals surface area (Å²) < 4.78 is 352. The number of benzene rings is 9. The molecule has 0 atom stereocenters. The van der Waals surface area contributed by atoms with Crippen molar-refractivity contribution in [2.75, 3.05) is 4.90 Å². The first kappa shape index (κ1) is 12.4. The number of para-hydroxylation sites is 1. The van der Waals surface area contributed by atoms with Crippen molar-refractivity contribution in [3.05, 3.63) is 211 Å². The summed E-state index contributed by atoms with van der Waals surface area (Å²) in [7, 11) is 0. The van der Waals surface area contributed by atoms with Crippen LogP contribution in [0.25, 0.3) is 77.2 Å². The van der Waals surface area contributed by atoms with E-state index in [1.165, 1.54) is 0 Å². The van der Waals surface area contributed by atoms with Crippen molar-refractivity contribution in [2.45, 2.75) is 19.1 Å².